The van der Waals surface area contributed by atoms with E-state index in [0.717, 1.165) is 0 Å². The Morgan fingerprint density at radius 2 is 1.68 bits per heavy atom. The molecule has 114 valence electrons. The molecule has 0 amide bonds. The maximum absolute atomic E-state index is 9.48. The number of benzene rings is 2. The summed E-state index contributed by atoms with van der Waals surface area (Å²) >= 11 is 6.26. The standard InChI is InChI=1S/C13H10BClN2O3.C2H6/c15-13-11-7-10(18)5-6-12(11)16-17(13)9-3-1-8(2-4-9)14(19)20;1-2/h1-7,18-20H;1-2H3. The molecular formula is C15H16BClN2O3. The fraction of sp³-hybridized carbons (Fsp3) is 0.133. The Bertz CT molecular complexity index is 772. The lowest BCUT2D eigenvalue weighted by atomic mass is 9.80. The highest BCUT2D eigenvalue weighted by Gasteiger charge is 2.13. The van der Waals surface area contributed by atoms with Gasteiger partial charge in [0.25, 0.3) is 0 Å². The van der Waals surface area contributed by atoms with Gasteiger partial charge < -0.3 is 15.2 Å². The van der Waals surface area contributed by atoms with Crippen molar-refractivity contribution >= 4 is 35.1 Å². The van der Waals surface area contributed by atoms with E-state index in [2.05, 4.69) is 5.10 Å². The molecule has 0 saturated heterocycles. The minimum absolute atomic E-state index is 0.123. The van der Waals surface area contributed by atoms with Gasteiger partial charge in [-0.3, -0.25) is 0 Å². The number of phenolic OH excluding ortho intramolecular Hbond substituents is 1. The number of aromatic hydroxyl groups is 1. The first kappa shape index (κ1) is 16.4. The first-order valence-corrected chi connectivity index (χ1v) is 7.28. The molecule has 5 nitrogen and oxygen atoms in total. The topological polar surface area (TPSA) is 78.5 Å². The van der Waals surface area contributed by atoms with E-state index < -0.39 is 7.12 Å². The lowest BCUT2D eigenvalue weighted by molar-refractivity contribution is 0.426. The van der Waals surface area contributed by atoms with E-state index in [1.165, 1.54) is 4.68 Å². The molecule has 0 saturated carbocycles. The molecule has 3 N–H and O–H groups in total. The lowest BCUT2D eigenvalue weighted by Crippen LogP contribution is -2.29. The van der Waals surface area contributed by atoms with E-state index in [0.29, 0.717) is 27.2 Å². The zero-order valence-electron chi connectivity index (χ0n) is 12.2. The largest absolute Gasteiger partial charge is 0.508 e. The van der Waals surface area contributed by atoms with Gasteiger partial charge in [0.15, 0.2) is 0 Å². The first-order valence-electron chi connectivity index (χ1n) is 6.90. The van der Waals surface area contributed by atoms with Crippen molar-refractivity contribution in [1.29, 1.82) is 0 Å². The van der Waals surface area contributed by atoms with E-state index in [-0.39, 0.29) is 5.75 Å². The molecule has 0 aliphatic heterocycles. The molecule has 0 bridgehead atoms. The molecule has 1 aromatic heterocycles. The third-order valence-electron chi connectivity index (χ3n) is 3.03. The highest BCUT2D eigenvalue weighted by atomic mass is 35.5. The normalized spacial score (nSPS) is 10.2. The summed E-state index contributed by atoms with van der Waals surface area (Å²) < 4.78 is 1.53. The van der Waals surface area contributed by atoms with Gasteiger partial charge in [-0.2, -0.15) is 5.10 Å². The Morgan fingerprint density at radius 3 is 2.27 bits per heavy atom. The quantitative estimate of drug-likeness (QED) is 0.632. The molecule has 0 atom stereocenters. The van der Waals surface area contributed by atoms with Gasteiger partial charge in [-0.25, -0.2) is 4.68 Å². The molecule has 0 spiro atoms. The van der Waals surface area contributed by atoms with Crippen LogP contribution in [0.4, 0.5) is 0 Å². The van der Waals surface area contributed by atoms with Crippen LogP contribution in [0.1, 0.15) is 13.8 Å². The average Bonchev–Trinajstić information content (AvgIpc) is 2.86. The summed E-state index contributed by atoms with van der Waals surface area (Å²) in [5.74, 6) is 0.123. The third kappa shape index (κ3) is 3.09. The first-order chi connectivity index (χ1) is 10.6. The van der Waals surface area contributed by atoms with Gasteiger partial charge in [-0.15, -0.1) is 0 Å². The Balaban J connectivity index is 0.000000847. The highest BCUT2D eigenvalue weighted by Crippen LogP contribution is 2.28. The molecule has 3 rings (SSSR count). The van der Waals surface area contributed by atoms with Crippen molar-refractivity contribution in [2.75, 3.05) is 0 Å². The van der Waals surface area contributed by atoms with Crippen molar-refractivity contribution < 1.29 is 15.2 Å². The monoisotopic (exact) mass is 318 g/mol. The molecule has 22 heavy (non-hydrogen) atoms. The van der Waals surface area contributed by atoms with Crippen LogP contribution in [0.5, 0.6) is 5.75 Å². The van der Waals surface area contributed by atoms with Crippen molar-refractivity contribution in [1.82, 2.24) is 9.78 Å². The Kier molecular flexibility index (Phi) is 5.08. The number of aromatic nitrogens is 2. The summed E-state index contributed by atoms with van der Waals surface area (Å²) in [6.07, 6.45) is 0. The van der Waals surface area contributed by atoms with Gasteiger partial charge in [0, 0.05) is 5.39 Å². The van der Waals surface area contributed by atoms with Gasteiger partial charge in [0.1, 0.15) is 10.9 Å². The summed E-state index contributed by atoms with van der Waals surface area (Å²) in [5.41, 5.74) is 1.74. The van der Waals surface area contributed by atoms with E-state index in [4.69, 9.17) is 21.6 Å². The summed E-state index contributed by atoms with van der Waals surface area (Å²) in [6, 6.07) is 11.3. The fourth-order valence-electron chi connectivity index (χ4n) is 2.00. The Hall–Kier alpha value is -2.02. The smallest absolute Gasteiger partial charge is 0.488 e. The van der Waals surface area contributed by atoms with Crippen LogP contribution in [0.15, 0.2) is 42.5 Å². The van der Waals surface area contributed by atoms with Crippen molar-refractivity contribution in [2.45, 2.75) is 13.8 Å². The SMILES string of the molecule is CC.OB(O)c1ccc(-n2nc3ccc(O)cc3c2Cl)cc1. The number of halogens is 1. The summed E-state index contributed by atoms with van der Waals surface area (Å²) in [5, 5.41) is 33.0. The minimum Gasteiger partial charge on any atom is -0.508 e. The van der Waals surface area contributed by atoms with Gasteiger partial charge >= 0.3 is 7.12 Å². The summed E-state index contributed by atoms with van der Waals surface area (Å²) in [6.45, 7) is 4.00. The molecule has 0 radical (unpaired) electrons. The molecule has 1 heterocycles. The maximum Gasteiger partial charge on any atom is 0.488 e. The number of rotatable bonds is 2. The van der Waals surface area contributed by atoms with Crippen molar-refractivity contribution in [2.24, 2.45) is 0 Å². The van der Waals surface area contributed by atoms with Crippen LogP contribution in [-0.2, 0) is 0 Å². The summed E-state index contributed by atoms with van der Waals surface area (Å²) in [7, 11) is -1.51. The van der Waals surface area contributed by atoms with Crippen LogP contribution in [0.25, 0.3) is 16.6 Å². The molecule has 0 aliphatic rings. The van der Waals surface area contributed by atoms with Crippen molar-refractivity contribution in [3.05, 3.63) is 47.6 Å². The minimum atomic E-state index is -1.51. The third-order valence-corrected chi connectivity index (χ3v) is 3.40. The van der Waals surface area contributed by atoms with E-state index in [9.17, 15) is 5.11 Å². The molecule has 2 aromatic carbocycles. The van der Waals surface area contributed by atoms with Gasteiger partial charge in [-0.1, -0.05) is 37.6 Å². The van der Waals surface area contributed by atoms with Crippen LogP contribution in [0.3, 0.4) is 0 Å². The van der Waals surface area contributed by atoms with Crippen molar-refractivity contribution in [3.8, 4) is 11.4 Å². The Morgan fingerprint density at radius 1 is 1.05 bits per heavy atom. The van der Waals surface area contributed by atoms with Crippen molar-refractivity contribution in [3.63, 3.8) is 0 Å². The molecular weight excluding hydrogens is 302 g/mol. The van der Waals surface area contributed by atoms with Crippen LogP contribution in [0.2, 0.25) is 5.15 Å². The molecule has 0 unspecified atom stereocenters. The summed E-state index contributed by atoms with van der Waals surface area (Å²) in [4.78, 5) is 0. The van der Waals surface area contributed by atoms with Gasteiger partial charge in [0.05, 0.1) is 11.2 Å². The number of hydrogen-bond acceptors (Lipinski definition) is 4. The zero-order valence-corrected chi connectivity index (χ0v) is 13.0. The molecule has 7 heteroatoms. The lowest BCUT2D eigenvalue weighted by Gasteiger charge is -2.04. The maximum atomic E-state index is 9.48. The van der Waals surface area contributed by atoms with Crippen LogP contribution in [-0.4, -0.2) is 32.1 Å². The molecule has 3 aromatic rings. The van der Waals surface area contributed by atoms with Crippen LogP contribution >= 0.6 is 11.6 Å². The van der Waals surface area contributed by atoms with E-state index in [1.54, 1.807) is 42.5 Å². The van der Waals surface area contributed by atoms with E-state index >= 15 is 0 Å². The number of nitrogens with zero attached hydrogens (tertiary/aromatic N) is 2. The fourth-order valence-corrected chi connectivity index (χ4v) is 2.29. The van der Waals surface area contributed by atoms with Gasteiger partial charge in [-0.05, 0) is 35.8 Å². The number of fused-ring (bicyclic) bond motifs is 1. The second-order valence-electron chi connectivity index (χ2n) is 4.37. The zero-order chi connectivity index (χ0) is 16.3. The highest BCUT2D eigenvalue weighted by molar-refractivity contribution is 6.58. The number of hydrogen-bond donors (Lipinski definition) is 3. The van der Waals surface area contributed by atoms with Crippen LogP contribution < -0.4 is 5.46 Å². The predicted octanol–water partition coefficient (Wildman–Crippen LogP) is 2.09. The van der Waals surface area contributed by atoms with E-state index in [1.807, 2.05) is 13.8 Å². The second-order valence-corrected chi connectivity index (χ2v) is 4.73. The number of phenols is 1. The predicted molar refractivity (Wildman–Crippen MR) is 88.9 cm³/mol. The van der Waals surface area contributed by atoms with Gasteiger partial charge in [0.2, 0.25) is 0 Å². The molecule has 0 aliphatic carbocycles. The average molecular weight is 319 g/mol. The second kappa shape index (κ2) is 6.83. The molecule has 0 fully saturated rings. The van der Waals surface area contributed by atoms with Crippen LogP contribution in [0, 0.1) is 0 Å². The Labute approximate surface area is 133 Å².